The number of carbonyl (C=O) groups is 2. The lowest BCUT2D eigenvalue weighted by molar-refractivity contribution is -0.0983. The topological polar surface area (TPSA) is 203 Å². The zero-order chi connectivity index (χ0) is 27.3. The van der Waals surface area contributed by atoms with Gasteiger partial charge >= 0.3 is 20.1 Å². The predicted octanol–water partition coefficient (Wildman–Crippen LogP) is 0.554. The molecule has 0 spiro atoms. The van der Waals surface area contributed by atoms with Crippen LogP contribution in [-0.4, -0.2) is 84.2 Å². The minimum absolute atomic E-state index is 0.223. The van der Waals surface area contributed by atoms with E-state index < -0.39 is 69.9 Å². The molecule has 0 aromatic carbocycles. The van der Waals surface area contributed by atoms with Gasteiger partial charge in [-0.15, -0.1) is 0 Å². The van der Waals surface area contributed by atoms with Gasteiger partial charge in [0.25, 0.3) is 5.56 Å². The van der Waals surface area contributed by atoms with Crippen molar-refractivity contribution in [2.75, 3.05) is 34.4 Å². The van der Waals surface area contributed by atoms with Crippen molar-refractivity contribution in [2.24, 2.45) is 0 Å². The summed E-state index contributed by atoms with van der Waals surface area (Å²) in [7, 11) is -3.16. The number of phosphoric acid groups is 1. The monoisotopic (exact) mass is 532 g/mol. The molecule has 1 unspecified atom stereocenters. The summed E-state index contributed by atoms with van der Waals surface area (Å²) in [5.74, 6) is 0. The molecule has 18 heteroatoms. The van der Waals surface area contributed by atoms with Crippen molar-refractivity contribution >= 4 is 32.4 Å². The third-order valence-electron chi connectivity index (χ3n) is 4.15. The molecule has 4 atom stereocenters. The molecule has 0 saturated carbocycles. The molecule has 1 fully saturated rings. The SMILES string of the molecule is [2H]C([2H])(OP(=O)(OCOC(=O)OC)OCOC(=O)OC)[C@H]1O[C@@H](n2ccc(=O)[nH]c2=S)C(C)(O)[C@H]1O. The maximum absolute atomic E-state index is 13.0. The molecule has 34 heavy (non-hydrogen) atoms. The number of nitrogens with one attached hydrogen (secondary N) is 1. The summed E-state index contributed by atoms with van der Waals surface area (Å²) < 4.78 is 67.1. The number of hydrogen-bond acceptors (Lipinski definition) is 15. The Labute approximate surface area is 199 Å². The van der Waals surface area contributed by atoms with Crippen LogP contribution in [0.1, 0.15) is 15.9 Å². The second kappa shape index (κ2) is 11.9. The van der Waals surface area contributed by atoms with E-state index in [2.05, 4.69) is 23.9 Å². The number of aliphatic hydroxyl groups is 2. The highest BCUT2D eigenvalue weighted by Crippen LogP contribution is 2.50. The molecule has 1 aromatic heterocycles. The number of carbonyl (C=O) groups excluding carboxylic acids is 2. The van der Waals surface area contributed by atoms with Gasteiger partial charge < -0.3 is 33.9 Å². The molecule has 1 aliphatic heterocycles. The van der Waals surface area contributed by atoms with Crippen molar-refractivity contribution in [3.8, 4) is 0 Å². The second-order valence-corrected chi connectivity index (χ2v) is 8.42. The molecule has 2 heterocycles. The standard InChI is InChI=1S/C16H23N2O14PS/c1-16(23)11(20)9(32-12(16)18-5-4-10(19)17-13(18)34)6-29-33(24,30-7-27-14(21)25-2)31-8-28-15(22)26-3/h4-5,9,11-12,20,23H,6-8H2,1-3H3,(H,17,19,34)/t9-,11+,12-,16?/m1/s1/i6D2. The average Bonchev–Trinajstić information content (AvgIpc) is 3.02. The molecule has 2 rings (SSSR count). The first-order valence-corrected chi connectivity index (χ1v) is 10.9. The van der Waals surface area contributed by atoms with Crippen LogP contribution in [0.5, 0.6) is 0 Å². The third-order valence-corrected chi connectivity index (χ3v) is 5.64. The Morgan fingerprint density at radius 1 is 1.26 bits per heavy atom. The molecule has 0 bridgehead atoms. The van der Waals surface area contributed by atoms with E-state index in [0.29, 0.717) is 0 Å². The van der Waals surface area contributed by atoms with Crippen LogP contribution in [0.25, 0.3) is 0 Å². The highest BCUT2D eigenvalue weighted by Gasteiger charge is 2.53. The first kappa shape index (κ1) is 24.7. The van der Waals surface area contributed by atoms with E-state index in [9.17, 15) is 29.2 Å². The van der Waals surface area contributed by atoms with Crippen LogP contribution in [0, 0.1) is 4.77 Å². The van der Waals surface area contributed by atoms with Crippen molar-refractivity contribution < 1.29 is 64.4 Å². The Balaban J connectivity index is 2.28. The van der Waals surface area contributed by atoms with E-state index >= 15 is 0 Å². The fourth-order valence-corrected chi connectivity index (χ4v) is 3.49. The smallest absolute Gasteiger partial charge is 0.438 e. The van der Waals surface area contributed by atoms with Gasteiger partial charge in [-0.2, -0.15) is 0 Å². The minimum atomic E-state index is -5.09. The van der Waals surface area contributed by atoms with Gasteiger partial charge in [-0.25, -0.2) is 23.2 Å². The molecule has 1 aliphatic rings. The molecular weight excluding hydrogens is 507 g/mol. The normalized spacial score (nSPS) is 25.7. The Bertz CT molecular complexity index is 1080. The number of aliphatic hydroxyl groups excluding tert-OH is 1. The molecule has 192 valence electrons. The Morgan fingerprint density at radius 3 is 2.32 bits per heavy atom. The number of methoxy groups -OCH3 is 2. The summed E-state index contributed by atoms with van der Waals surface area (Å²) in [6.45, 7) is -4.40. The fraction of sp³-hybridized carbons (Fsp3) is 0.625. The van der Waals surface area contributed by atoms with E-state index in [1.165, 1.54) is 0 Å². The number of hydrogen-bond donors (Lipinski definition) is 3. The summed E-state index contributed by atoms with van der Waals surface area (Å²) in [6.07, 6.45) is -7.03. The van der Waals surface area contributed by atoms with Crippen LogP contribution in [0.3, 0.4) is 0 Å². The average molecular weight is 532 g/mol. The number of aromatic nitrogens is 2. The van der Waals surface area contributed by atoms with Crippen LogP contribution in [0.4, 0.5) is 9.59 Å². The van der Waals surface area contributed by atoms with Crippen LogP contribution in [0.2, 0.25) is 0 Å². The maximum atomic E-state index is 13.0. The van der Waals surface area contributed by atoms with Gasteiger partial charge in [0.15, 0.2) is 11.0 Å². The van der Waals surface area contributed by atoms with Crippen LogP contribution in [0.15, 0.2) is 17.1 Å². The highest BCUT2D eigenvalue weighted by atomic mass is 32.1. The first-order chi connectivity index (χ1) is 16.7. The van der Waals surface area contributed by atoms with Crippen LogP contribution >= 0.6 is 20.0 Å². The predicted molar refractivity (Wildman–Crippen MR) is 109 cm³/mol. The van der Waals surface area contributed by atoms with Crippen molar-refractivity contribution in [1.82, 2.24) is 9.55 Å². The summed E-state index contributed by atoms with van der Waals surface area (Å²) in [5, 5.41) is 21.5. The van der Waals surface area contributed by atoms with E-state index in [1.54, 1.807) is 0 Å². The van der Waals surface area contributed by atoms with E-state index in [4.69, 9.17) is 33.3 Å². The molecule has 0 amide bonds. The maximum Gasteiger partial charge on any atom is 0.510 e. The number of ether oxygens (including phenoxy) is 5. The highest BCUT2D eigenvalue weighted by molar-refractivity contribution is 7.71. The van der Waals surface area contributed by atoms with Crippen molar-refractivity contribution in [3.63, 3.8) is 0 Å². The van der Waals surface area contributed by atoms with Gasteiger partial charge in [-0.05, 0) is 19.1 Å². The minimum Gasteiger partial charge on any atom is -0.438 e. The van der Waals surface area contributed by atoms with Gasteiger partial charge in [0.05, 0.1) is 23.5 Å². The van der Waals surface area contributed by atoms with Crippen molar-refractivity contribution in [3.05, 3.63) is 27.4 Å². The van der Waals surface area contributed by atoms with Gasteiger partial charge in [0.2, 0.25) is 13.6 Å². The van der Waals surface area contributed by atoms with Crippen LogP contribution in [-0.2, 0) is 41.8 Å². The Morgan fingerprint density at radius 2 is 1.82 bits per heavy atom. The van der Waals surface area contributed by atoms with Crippen molar-refractivity contribution in [2.45, 2.75) is 31.0 Å². The lowest BCUT2D eigenvalue weighted by atomic mass is 9.96. The number of nitrogens with zero attached hydrogens (tertiary/aromatic N) is 1. The van der Waals surface area contributed by atoms with E-state index in [0.717, 1.165) is 38.0 Å². The number of rotatable bonds is 10. The molecule has 3 N–H and O–H groups in total. The number of aromatic amines is 1. The van der Waals surface area contributed by atoms with E-state index in [-0.39, 0.29) is 4.77 Å². The third kappa shape index (κ3) is 7.07. The van der Waals surface area contributed by atoms with Gasteiger partial charge in [-0.3, -0.25) is 18.9 Å². The fourth-order valence-electron chi connectivity index (χ4n) is 2.46. The zero-order valence-corrected chi connectivity index (χ0v) is 19.6. The quantitative estimate of drug-likeness (QED) is 0.163. The molecule has 0 aliphatic carbocycles. The first-order valence-electron chi connectivity index (χ1n) is 10.1. The van der Waals surface area contributed by atoms with Crippen molar-refractivity contribution in [1.29, 1.82) is 0 Å². The van der Waals surface area contributed by atoms with Gasteiger partial charge in [0, 0.05) is 12.3 Å². The molecular formula is C16H23N2O14PS. The summed E-state index contributed by atoms with van der Waals surface area (Å²) in [5.41, 5.74) is -2.78. The number of phosphoric ester groups is 1. The number of H-pyrrole nitrogens is 1. The Hall–Kier alpha value is -2.37. The molecule has 16 nitrogen and oxygen atoms in total. The molecule has 0 radical (unpaired) electrons. The summed E-state index contributed by atoms with van der Waals surface area (Å²) in [4.78, 5) is 35.9. The van der Waals surface area contributed by atoms with Gasteiger partial charge in [-0.1, -0.05) is 0 Å². The lowest BCUT2D eigenvalue weighted by Crippen LogP contribution is -2.44. The molecule has 1 aromatic rings. The summed E-state index contributed by atoms with van der Waals surface area (Å²) in [6, 6.07) is 1.04. The van der Waals surface area contributed by atoms with Gasteiger partial charge in [0.1, 0.15) is 17.8 Å². The summed E-state index contributed by atoms with van der Waals surface area (Å²) >= 11 is 5.02. The molecule has 1 saturated heterocycles. The van der Waals surface area contributed by atoms with E-state index in [1.807, 2.05) is 0 Å². The Kier molecular flexibility index (Phi) is 8.63. The van der Waals surface area contributed by atoms with Crippen LogP contribution < -0.4 is 5.56 Å². The second-order valence-electron chi connectivity index (χ2n) is 6.44. The largest absolute Gasteiger partial charge is 0.510 e. The lowest BCUT2D eigenvalue weighted by Gasteiger charge is -2.28. The zero-order valence-electron chi connectivity index (χ0n) is 19.9.